The van der Waals surface area contributed by atoms with E-state index in [0.29, 0.717) is 6.54 Å². The SMILES string of the molecule is Fc1cccc(CNc2ccc(I)c(Br)c2)c1Cl. The normalized spacial score (nSPS) is 10.4. The molecule has 0 unspecified atom stereocenters. The summed E-state index contributed by atoms with van der Waals surface area (Å²) < 4.78 is 15.4. The van der Waals surface area contributed by atoms with Crippen molar-refractivity contribution in [3.8, 4) is 0 Å². The van der Waals surface area contributed by atoms with E-state index in [0.717, 1.165) is 19.3 Å². The zero-order valence-corrected chi connectivity index (χ0v) is 13.7. The molecule has 0 fully saturated rings. The van der Waals surface area contributed by atoms with Gasteiger partial charge in [0.15, 0.2) is 0 Å². The van der Waals surface area contributed by atoms with Crippen LogP contribution in [-0.2, 0) is 6.54 Å². The lowest BCUT2D eigenvalue weighted by atomic mass is 10.2. The van der Waals surface area contributed by atoms with Gasteiger partial charge in [-0.3, -0.25) is 0 Å². The molecule has 5 heteroatoms. The van der Waals surface area contributed by atoms with Crippen molar-refractivity contribution < 1.29 is 4.39 Å². The van der Waals surface area contributed by atoms with Gasteiger partial charge in [0, 0.05) is 20.3 Å². The predicted molar refractivity (Wildman–Crippen MR) is 85.6 cm³/mol. The standard InChI is InChI=1S/C13H9BrClFIN/c14-10-6-9(4-5-12(10)17)18-7-8-2-1-3-11(16)13(8)15/h1-6,18H,7H2. The molecule has 2 rings (SSSR count). The van der Waals surface area contributed by atoms with Crippen LogP contribution in [0.25, 0.3) is 0 Å². The third kappa shape index (κ3) is 3.36. The van der Waals surface area contributed by atoms with Crippen LogP contribution in [0.15, 0.2) is 40.9 Å². The molecule has 0 aliphatic carbocycles. The first-order valence-corrected chi connectivity index (χ1v) is 7.44. The van der Waals surface area contributed by atoms with Crippen LogP contribution in [0, 0.1) is 9.39 Å². The molecule has 0 aromatic heterocycles. The number of hydrogen-bond acceptors (Lipinski definition) is 1. The second-order valence-electron chi connectivity index (χ2n) is 3.70. The van der Waals surface area contributed by atoms with E-state index in [1.165, 1.54) is 6.07 Å². The summed E-state index contributed by atoms with van der Waals surface area (Å²) >= 11 is 11.6. The van der Waals surface area contributed by atoms with Gasteiger partial charge < -0.3 is 5.32 Å². The van der Waals surface area contributed by atoms with Gasteiger partial charge in [-0.25, -0.2) is 4.39 Å². The predicted octanol–water partition coefficient (Wildman–Crippen LogP) is 5.46. The van der Waals surface area contributed by atoms with Crippen LogP contribution in [0.1, 0.15) is 5.56 Å². The zero-order valence-electron chi connectivity index (χ0n) is 9.18. The quantitative estimate of drug-likeness (QED) is 0.625. The van der Waals surface area contributed by atoms with Gasteiger partial charge in [0.25, 0.3) is 0 Å². The minimum atomic E-state index is -0.389. The topological polar surface area (TPSA) is 12.0 Å². The molecule has 0 bridgehead atoms. The summed E-state index contributed by atoms with van der Waals surface area (Å²) in [6.45, 7) is 0.490. The summed E-state index contributed by atoms with van der Waals surface area (Å²) in [5.41, 5.74) is 1.70. The van der Waals surface area contributed by atoms with Gasteiger partial charge in [0.05, 0.1) is 5.02 Å². The maximum atomic E-state index is 13.3. The molecule has 94 valence electrons. The van der Waals surface area contributed by atoms with E-state index < -0.39 is 0 Å². The highest BCUT2D eigenvalue weighted by Crippen LogP contribution is 2.24. The first kappa shape index (κ1) is 14.1. The molecule has 0 radical (unpaired) electrons. The van der Waals surface area contributed by atoms with E-state index in [9.17, 15) is 4.39 Å². The van der Waals surface area contributed by atoms with E-state index in [1.54, 1.807) is 12.1 Å². The Bertz CT molecular complexity index is 577. The third-order valence-electron chi connectivity index (χ3n) is 2.43. The summed E-state index contributed by atoms with van der Waals surface area (Å²) in [5.74, 6) is -0.389. The van der Waals surface area contributed by atoms with Crippen LogP contribution in [0.2, 0.25) is 5.02 Å². The Morgan fingerprint density at radius 3 is 2.78 bits per heavy atom. The van der Waals surface area contributed by atoms with Crippen LogP contribution in [0.3, 0.4) is 0 Å². The van der Waals surface area contributed by atoms with Crippen molar-refractivity contribution in [2.45, 2.75) is 6.54 Å². The molecule has 2 aromatic rings. The van der Waals surface area contributed by atoms with E-state index in [2.05, 4.69) is 43.8 Å². The average molecular weight is 440 g/mol. The molecule has 0 atom stereocenters. The molecule has 0 aliphatic rings. The Hall–Kier alpha value is -0.330. The fraction of sp³-hybridized carbons (Fsp3) is 0.0769. The van der Waals surface area contributed by atoms with Crippen molar-refractivity contribution in [2.75, 3.05) is 5.32 Å². The minimum Gasteiger partial charge on any atom is -0.381 e. The molecule has 0 heterocycles. The third-order valence-corrected chi connectivity index (χ3v) is 5.20. The molecule has 1 N–H and O–H groups in total. The molecular weight excluding hydrogens is 431 g/mol. The number of nitrogens with one attached hydrogen (secondary N) is 1. The maximum Gasteiger partial charge on any atom is 0.142 e. The first-order valence-electron chi connectivity index (χ1n) is 5.20. The van der Waals surface area contributed by atoms with E-state index >= 15 is 0 Å². The Labute approximate surface area is 132 Å². The second kappa shape index (κ2) is 6.21. The zero-order chi connectivity index (χ0) is 13.1. The average Bonchev–Trinajstić information content (AvgIpc) is 2.35. The van der Waals surface area contributed by atoms with E-state index in [-0.39, 0.29) is 10.8 Å². The maximum absolute atomic E-state index is 13.3. The van der Waals surface area contributed by atoms with Gasteiger partial charge >= 0.3 is 0 Å². The minimum absolute atomic E-state index is 0.176. The van der Waals surface area contributed by atoms with Crippen LogP contribution in [0.5, 0.6) is 0 Å². The smallest absolute Gasteiger partial charge is 0.142 e. The molecule has 18 heavy (non-hydrogen) atoms. The summed E-state index contributed by atoms with van der Waals surface area (Å²) in [7, 11) is 0. The number of anilines is 1. The fourth-order valence-corrected chi connectivity index (χ4v) is 2.40. The summed E-state index contributed by atoms with van der Waals surface area (Å²) in [5, 5.41) is 3.39. The number of rotatable bonds is 3. The largest absolute Gasteiger partial charge is 0.381 e. The van der Waals surface area contributed by atoms with Crippen LogP contribution in [-0.4, -0.2) is 0 Å². The van der Waals surface area contributed by atoms with Crippen molar-refractivity contribution in [3.63, 3.8) is 0 Å². The number of benzene rings is 2. The Morgan fingerprint density at radius 1 is 1.28 bits per heavy atom. The molecule has 0 saturated carbocycles. The molecule has 2 aromatic carbocycles. The Morgan fingerprint density at radius 2 is 2.06 bits per heavy atom. The second-order valence-corrected chi connectivity index (χ2v) is 6.09. The van der Waals surface area contributed by atoms with Crippen LogP contribution < -0.4 is 5.32 Å². The highest BCUT2D eigenvalue weighted by Gasteiger charge is 2.05. The van der Waals surface area contributed by atoms with Crippen LogP contribution in [0.4, 0.5) is 10.1 Å². The van der Waals surface area contributed by atoms with Crippen LogP contribution >= 0.6 is 50.1 Å². The van der Waals surface area contributed by atoms with Gasteiger partial charge in [0.1, 0.15) is 5.82 Å². The lowest BCUT2D eigenvalue weighted by Crippen LogP contribution is -2.01. The fourth-order valence-electron chi connectivity index (χ4n) is 1.49. The van der Waals surface area contributed by atoms with Gasteiger partial charge in [0.2, 0.25) is 0 Å². The highest BCUT2D eigenvalue weighted by molar-refractivity contribution is 14.1. The van der Waals surface area contributed by atoms with Gasteiger partial charge in [-0.2, -0.15) is 0 Å². The monoisotopic (exact) mass is 439 g/mol. The Balaban J connectivity index is 2.11. The molecule has 1 nitrogen and oxygen atoms in total. The Kier molecular flexibility index (Phi) is 4.86. The number of hydrogen-bond donors (Lipinski definition) is 1. The van der Waals surface area contributed by atoms with E-state index in [1.807, 2.05) is 18.2 Å². The summed E-state index contributed by atoms with van der Waals surface area (Å²) in [6.07, 6.45) is 0. The molecule has 0 saturated heterocycles. The summed E-state index contributed by atoms with van der Waals surface area (Å²) in [6, 6.07) is 10.8. The lowest BCUT2D eigenvalue weighted by molar-refractivity contribution is 0.626. The molecule has 0 aliphatic heterocycles. The van der Waals surface area contributed by atoms with Gasteiger partial charge in [-0.1, -0.05) is 23.7 Å². The van der Waals surface area contributed by atoms with Gasteiger partial charge in [-0.05, 0) is 68.3 Å². The summed E-state index contributed by atoms with van der Waals surface area (Å²) in [4.78, 5) is 0. The molecule has 0 spiro atoms. The first-order chi connectivity index (χ1) is 8.58. The van der Waals surface area contributed by atoms with Crippen molar-refractivity contribution in [1.29, 1.82) is 0 Å². The van der Waals surface area contributed by atoms with Crippen molar-refractivity contribution >= 4 is 55.8 Å². The van der Waals surface area contributed by atoms with E-state index in [4.69, 9.17) is 11.6 Å². The van der Waals surface area contributed by atoms with Crippen molar-refractivity contribution in [2.24, 2.45) is 0 Å². The molecular formula is C13H9BrClFIN. The molecule has 0 amide bonds. The number of halogens is 4. The lowest BCUT2D eigenvalue weighted by Gasteiger charge is -2.09. The van der Waals surface area contributed by atoms with Crippen molar-refractivity contribution in [3.05, 3.63) is 60.8 Å². The van der Waals surface area contributed by atoms with Gasteiger partial charge in [-0.15, -0.1) is 0 Å². The van der Waals surface area contributed by atoms with Crippen molar-refractivity contribution in [1.82, 2.24) is 0 Å². The highest BCUT2D eigenvalue weighted by atomic mass is 127.